The largest absolute Gasteiger partial charge is 0.468 e. The highest BCUT2D eigenvalue weighted by Crippen LogP contribution is 2.20. The third-order valence-corrected chi connectivity index (χ3v) is 4.05. The van der Waals surface area contributed by atoms with Crippen molar-refractivity contribution in [3.63, 3.8) is 0 Å². The average molecular weight is 311 g/mol. The van der Waals surface area contributed by atoms with Gasteiger partial charge in [0.25, 0.3) is 0 Å². The van der Waals surface area contributed by atoms with E-state index in [0.717, 1.165) is 35.3 Å². The minimum absolute atomic E-state index is 0.224. The molecular weight excluding hydrogens is 286 g/mol. The van der Waals surface area contributed by atoms with Crippen molar-refractivity contribution in [3.8, 4) is 0 Å². The first-order valence-corrected chi connectivity index (χ1v) is 8.18. The van der Waals surface area contributed by atoms with Crippen LogP contribution in [0.15, 0.2) is 11.2 Å². The van der Waals surface area contributed by atoms with Gasteiger partial charge in [0.05, 0.1) is 7.11 Å². The number of hydrogen-bond acceptors (Lipinski definition) is 6. The summed E-state index contributed by atoms with van der Waals surface area (Å²) < 4.78 is 4.91. The highest BCUT2D eigenvalue weighted by atomic mass is 32.2. The SMILES string of the molecule is CCCNC(C)(CCSc1nc(C)cc(C)n1)C(=O)OC. The lowest BCUT2D eigenvalue weighted by molar-refractivity contribution is -0.148. The van der Waals surface area contributed by atoms with Crippen LogP contribution in [0.3, 0.4) is 0 Å². The van der Waals surface area contributed by atoms with Crippen molar-refractivity contribution in [2.75, 3.05) is 19.4 Å². The molecule has 0 saturated carbocycles. The monoisotopic (exact) mass is 311 g/mol. The number of esters is 1. The van der Waals surface area contributed by atoms with E-state index >= 15 is 0 Å². The molecule has 1 atom stereocenters. The van der Waals surface area contributed by atoms with Crippen LogP contribution in [-0.4, -0.2) is 40.9 Å². The van der Waals surface area contributed by atoms with Crippen LogP contribution in [0.1, 0.15) is 38.1 Å². The molecular formula is C15H25N3O2S. The summed E-state index contributed by atoms with van der Waals surface area (Å²) in [5.74, 6) is 0.531. The van der Waals surface area contributed by atoms with Crippen molar-refractivity contribution in [3.05, 3.63) is 17.5 Å². The number of nitrogens with zero attached hydrogens (tertiary/aromatic N) is 2. The predicted molar refractivity (Wildman–Crippen MR) is 85.6 cm³/mol. The van der Waals surface area contributed by atoms with E-state index in [2.05, 4.69) is 22.2 Å². The van der Waals surface area contributed by atoms with E-state index in [1.54, 1.807) is 11.8 Å². The van der Waals surface area contributed by atoms with Gasteiger partial charge in [-0.2, -0.15) is 0 Å². The van der Waals surface area contributed by atoms with Crippen LogP contribution in [0, 0.1) is 13.8 Å². The molecule has 0 saturated heterocycles. The lowest BCUT2D eigenvalue weighted by atomic mass is 9.99. The number of aromatic nitrogens is 2. The smallest absolute Gasteiger partial charge is 0.325 e. The third kappa shape index (κ3) is 5.63. The van der Waals surface area contributed by atoms with Crippen molar-refractivity contribution < 1.29 is 9.53 Å². The Bertz CT molecular complexity index is 462. The summed E-state index contributed by atoms with van der Waals surface area (Å²) in [6.45, 7) is 8.66. The zero-order valence-electron chi connectivity index (χ0n) is 13.5. The van der Waals surface area contributed by atoms with Gasteiger partial charge in [0, 0.05) is 17.1 Å². The summed E-state index contributed by atoms with van der Waals surface area (Å²) in [5.41, 5.74) is 1.27. The van der Waals surface area contributed by atoms with Crippen molar-refractivity contribution in [2.45, 2.75) is 51.2 Å². The minimum atomic E-state index is -0.656. The normalized spacial score (nSPS) is 13.8. The van der Waals surface area contributed by atoms with Crippen LogP contribution >= 0.6 is 11.8 Å². The molecule has 0 fully saturated rings. The fraction of sp³-hybridized carbons (Fsp3) is 0.667. The molecule has 5 nitrogen and oxygen atoms in total. The number of hydrogen-bond donors (Lipinski definition) is 1. The highest BCUT2D eigenvalue weighted by Gasteiger charge is 2.33. The number of thioether (sulfide) groups is 1. The fourth-order valence-corrected chi connectivity index (χ4v) is 3.10. The molecule has 0 aromatic carbocycles. The Balaban J connectivity index is 2.62. The van der Waals surface area contributed by atoms with E-state index in [-0.39, 0.29) is 5.97 Å². The second kappa shape index (κ2) is 8.34. The Kier molecular flexibility index (Phi) is 7.11. The van der Waals surface area contributed by atoms with Crippen molar-refractivity contribution in [1.29, 1.82) is 0 Å². The molecule has 0 bridgehead atoms. The molecule has 1 N–H and O–H groups in total. The topological polar surface area (TPSA) is 64.1 Å². The molecule has 0 aliphatic heterocycles. The van der Waals surface area contributed by atoms with Crippen LogP contribution in [0.2, 0.25) is 0 Å². The maximum absolute atomic E-state index is 12.0. The maximum atomic E-state index is 12.0. The summed E-state index contributed by atoms with van der Waals surface area (Å²) in [6.07, 6.45) is 1.64. The van der Waals surface area contributed by atoms with Gasteiger partial charge in [-0.05, 0) is 46.2 Å². The van der Waals surface area contributed by atoms with Crippen molar-refractivity contribution in [2.24, 2.45) is 0 Å². The van der Waals surface area contributed by atoms with Gasteiger partial charge in [-0.15, -0.1) is 0 Å². The molecule has 6 heteroatoms. The molecule has 0 aliphatic carbocycles. The summed E-state index contributed by atoms with van der Waals surface area (Å²) in [7, 11) is 1.42. The number of carbonyl (C=O) groups is 1. The Labute approximate surface area is 131 Å². The van der Waals surface area contributed by atoms with Crippen LogP contribution in [-0.2, 0) is 9.53 Å². The number of carbonyl (C=O) groups excluding carboxylic acids is 1. The molecule has 1 unspecified atom stereocenters. The van der Waals surface area contributed by atoms with Gasteiger partial charge < -0.3 is 10.1 Å². The molecule has 21 heavy (non-hydrogen) atoms. The molecule has 0 radical (unpaired) electrons. The quantitative estimate of drug-likeness (QED) is 0.452. The molecule has 0 spiro atoms. The second-order valence-electron chi connectivity index (χ2n) is 5.28. The second-order valence-corrected chi connectivity index (χ2v) is 6.34. The zero-order valence-corrected chi connectivity index (χ0v) is 14.3. The Morgan fingerprint density at radius 3 is 2.52 bits per heavy atom. The lowest BCUT2D eigenvalue weighted by Gasteiger charge is -2.27. The number of ether oxygens (including phenoxy) is 1. The first-order chi connectivity index (χ1) is 9.91. The number of methoxy groups -OCH3 is 1. The first kappa shape index (κ1) is 17.9. The predicted octanol–water partition coefficient (Wildman–Crippen LogP) is 2.51. The van der Waals surface area contributed by atoms with Gasteiger partial charge in [0.2, 0.25) is 0 Å². The van der Waals surface area contributed by atoms with E-state index in [0.29, 0.717) is 6.42 Å². The van der Waals surface area contributed by atoms with E-state index in [4.69, 9.17) is 4.74 Å². The molecule has 118 valence electrons. The molecule has 0 amide bonds. The van der Waals surface area contributed by atoms with Crippen LogP contribution in [0.4, 0.5) is 0 Å². The van der Waals surface area contributed by atoms with Crippen molar-refractivity contribution >= 4 is 17.7 Å². The number of nitrogens with one attached hydrogen (secondary N) is 1. The average Bonchev–Trinajstić information content (AvgIpc) is 2.43. The summed E-state index contributed by atoms with van der Waals surface area (Å²) >= 11 is 1.57. The fourth-order valence-electron chi connectivity index (χ4n) is 1.99. The zero-order chi connectivity index (χ0) is 15.9. The minimum Gasteiger partial charge on any atom is -0.468 e. The summed E-state index contributed by atoms with van der Waals surface area (Å²) in [6, 6.07) is 1.95. The Hall–Kier alpha value is -1.14. The molecule has 1 aromatic heterocycles. The van der Waals surface area contributed by atoms with E-state index in [9.17, 15) is 4.79 Å². The standard InChI is InChI=1S/C15H25N3O2S/c1-6-8-16-15(4,13(19)20-5)7-9-21-14-17-11(2)10-12(3)18-14/h10,16H,6-9H2,1-5H3. The summed E-state index contributed by atoms with van der Waals surface area (Å²) in [5, 5.41) is 4.04. The van der Waals surface area contributed by atoms with Gasteiger partial charge in [0.15, 0.2) is 5.16 Å². The van der Waals surface area contributed by atoms with Gasteiger partial charge in [-0.25, -0.2) is 9.97 Å². The third-order valence-electron chi connectivity index (χ3n) is 3.20. The van der Waals surface area contributed by atoms with Gasteiger partial charge in [-0.3, -0.25) is 4.79 Å². The van der Waals surface area contributed by atoms with Gasteiger partial charge in [-0.1, -0.05) is 18.7 Å². The lowest BCUT2D eigenvalue weighted by Crippen LogP contribution is -2.50. The van der Waals surface area contributed by atoms with Crippen LogP contribution < -0.4 is 5.32 Å². The molecule has 0 aliphatic rings. The van der Waals surface area contributed by atoms with Gasteiger partial charge >= 0.3 is 5.97 Å². The van der Waals surface area contributed by atoms with Crippen molar-refractivity contribution in [1.82, 2.24) is 15.3 Å². The van der Waals surface area contributed by atoms with Crippen LogP contribution in [0.25, 0.3) is 0 Å². The molecule has 1 heterocycles. The molecule has 1 aromatic rings. The number of aryl methyl sites for hydroxylation is 2. The highest BCUT2D eigenvalue weighted by molar-refractivity contribution is 7.99. The van der Waals surface area contributed by atoms with Crippen LogP contribution in [0.5, 0.6) is 0 Å². The van der Waals surface area contributed by atoms with Gasteiger partial charge in [0.1, 0.15) is 5.54 Å². The van der Waals surface area contributed by atoms with E-state index in [1.807, 2.05) is 26.8 Å². The first-order valence-electron chi connectivity index (χ1n) is 7.20. The Morgan fingerprint density at radius 2 is 2.00 bits per heavy atom. The number of rotatable bonds is 8. The Morgan fingerprint density at radius 1 is 1.38 bits per heavy atom. The van der Waals surface area contributed by atoms with E-state index < -0.39 is 5.54 Å². The maximum Gasteiger partial charge on any atom is 0.325 e. The van der Waals surface area contributed by atoms with E-state index in [1.165, 1.54) is 7.11 Å². The summed E-state index contributed by atoms with van der Waals surface area (Å²) in [4.78, 5) is 20.8. The molecule has 1 rings (SSSR count).